The Balaban J connectivity index is 2.02. The van der Waals surface area contributed by atoms with Crippen LogP contribution in [-0.2, 0) is 22.4 Å². The molecular formula is C22H21F3O3S2. The molecule has 3 aromatic rings. The molecule has 3 rings (SSSR count). The number of benzene rings is 2. The van der Waals surface area contributed by atoms with E-state index < -0.39 is 21.6 Å². The molecule has 160 valence electrons. The van der Waals surface area contributed by atoms with Crippen LogP contribution in [0.4, 0.5) is 13.2 Å². The molecule has 2 aromatic carbocycles. The molecular weight excluding hydrogens is 433 g/mol. The highest BCUT2D eigenvalue weighted by atomic mass is 32.2. The van der Waals surface area contributed by atoms with E-state index in [1.54, 1.807) is 13.0 Å². The van der Waals surface area contributed by atoms with Crippen LogP contribution in [0.25, 0.3) is 11.1 Å². The number of sulfone groups is 1. The van der Waals surface area contributed by atoms with E-state index in [0.29, 0.717) is 34.8 Å². The zero-order valence-electron chi connectivity index (χ0n) is 16.7. The van der Waals surface area contributed by atoms with Gasteiger partial charge in [0, 0.05) is 4.88 Å². The summed E-state index contributed by atoms with van der Waals surface area (Å²) in [5, 5.41) is 0. The molecule has 0 atom stereocenters. The molecule has 1 aromatic heterocycles. The molecule has 0 saturated heterocycles. The first-order valence-electron chi connectivity index (χ1n) is 9.36. The molecule has 0 N–H and O–H groups in total. The van der Waals surface area contributed by atoms with E-state index in [2.05, 4.69) is 0 Å². The minimum atomic E-state index is -4.42. The van der Waals surface area contributed by atoms with Gasteiger partial charge in [-0.15, -0.1) is 11.3 Å². The maximum atomic E-state index is 13.2. The summed E-state index contributed by atoms with van der Waals surface area (Å²) < 4.78 is 70.6. The van der Waals surface area contributed by atoms with E-state index in [0.717, 1.165) is 29.0 Å². The zero-order chi connectivity index (χ0) is 22.1. The van der Waals surface area contributed by atoms with Crippen molar-refractivity contribution in [2.45, 2.75) is 42.5 Å². The van der Waals surface area contributed by atoms with Gasteiger partial charge in [-0.25, -0.2) is 8.42 Å². The standard InChI is InChI=1S/C22H21F3O3S2/c1-4-15-10-18(28-5-2)12-19(11-15)30(26,27)21-13-20(14(3)29-21)16-6-8-17(9-7-16)22(23,24)25/h6-13H,4-5H2,1-3H3. The quantitative estimate of drug-likeness (QED) is 0.425. The van der Waals surface area contributed by atoms with Crippen LogP contribution < -0.4 is 4.74 Å². The molecule has 1 heterocycles. The molecule has 30 heavy (non-hydrogen) atoms. The highest BCUT2D eigenvalue weighted by molar-refractivity contribution is 7.93. The summed E-state index contributed by atoms with van der Waals surface area (Å²) in [6, 6.07) is 11.2. The number of thiophene rings is 1. The fourth-order valence-electron chi connectivity index (χ4n) is 3.07. The van der Waals surface area contributed by atoms with Gasteiger partial charge in [0.15, 0.2) is 0 Å². The monoisotopic (exact) mass is 454 g/mol. The van der Waals surface area contributed by atoms with Gasteiger partial charge < -0.3 is 4.74 Å². The smallest absolute Gasteiger partial charge is 0.416 e. The van der Waals surface area contributed by atoms with Gasteiger partial charge in [0.05, 0.1) is 17.1 Å². The largest absolute Gasteiger partial charge is 0.494 e. The van der Waals surface area contributed by atoms with Crippen LogP contribution in [0.3, 0.4) is 0 Å². The Labute approximate surface area is 178 Å². The van der Waals surface area contributed by atoms with Crippen molar-refractivity contribution in [3.8, 4) is 16.9 Å². The predicted molar refractivity (Wildman–Crippen MR) is 112 cm³/mol. The molecule has 8 heteroatoms. The lowest BCUT2D eigenvalue weighted by Crippen LogP contribution is -2.04. The van der Waals surface area contributed by atoms with Crippen LogP contribution in [0.1, 0.15) is 29.9 Å². The molecule has 0 bridgehead atoms. The third-order valence-electron chi connectivity index (χ3n) is 4.65. The Morgan fingerprint density at radius 2 is 1.67 bits per heavy atom. The minimum absolute atomic E-state index is 0.144. The maximum absolute atomic E-state index is 13.2. The summed E-state index contributed by atoms with van der Waals surface area (Å²) in [5.41, 5.74) is 1.24. The number of aryl methyl sites for hydroxylation is 2. The second-order valence-electron chi connectivity index (χ2n) is 6.71. The second-order valence-corrected chi connectivity index (χ2v) is 10.1. The molecule has 0 fully saturated rings. The fraction of sp³-hybridized carbons (Fsp3) is 0.273. The first kappa shape index (κ1) is 22.4. The van der Waals surface area contributed by atoms with Crippen molar-refractivity contribution in [2.24, 2.45) is 0 Å². The molecule has 0 aliphatic rings. The van der Waals surface area contributed by atoms with Crippen molar-refractivity contribution in [3.63, 3.8) is 0 Å². The summed E-state index contributed by atoms with van der Waals surface area (Å²) in [4.78, 5) is 0.857. The highest BCUT2D eigenvalue weighted by Gasteiger charge is 2.30. The molecule has 3 nitrogen and oxygen atoms in total. The fourth-order valence-corrected chi connectivity index (χ4v) is 6.02. The first-order valence-corrected chi connectivity index (χ1v) is 11.7. The Kier molecular flexibility index (Phi) is 6.29. The van der Waals surface area contributed by atoms with E-state index in [1.165, 1.54) is 24.3 Å². The van der Waals surface area contributed by atoms with Crippen molar-refractivity contribution >= 4 is 21.2 Å². The number of alkyl halides is 3. The van der Waals surface area contributed by atoms with Crippen molar-refractivity contribution in [3.05, 3.63) is 64.5 Å². The summed E-state index contributed by atoms with van der Waals surface area (Å²) in [7, 11) is -3.79. The number of hydrogen-bond donors (Lipinski definition) is 0. The Bertz CT molecular complexity index is 1150. The summed E-state index contributed by atoms with van der Waals surface area (Å²) in [6.45, 7) is 5.93. The normalized spacial score (nSPS) is 12.2. The Hall–Kier alpha value is -2.32. The van der Waals surface area contributed by atoms with Crippen LogP contribution in [0, 0.1) is 6.92 Å². The van der Waals surface area contributed by atoms with E-state index in [9.17, 15) is 21.6 Å². The minimum Gasteiger partial charge on any atom is -0.494 e. The predicted octanol–water partition coefficient (Wildman–Crippen LogP) is 6.54. The van der Waals surface area contributed by atoms with Gasteiger partial charge in [-0.1, -0.05) is 19.1 Å². The van der Waals surface area contributed by atoms with Gasteiger partial charge in [-0.05, 0) is 73.4 Å². The average Bonchev–Trinajstić information content (AvgIpc) is 3.10. The van der Waals surface area contributed by atoms with Gasteiger partial charge in [0.1, 0.15) is 9.96 Å². The van der Waals surface area contributed by atoms with Crippen molar-refractivity contribution < 1.29 is 26.3 Å². The van der Waals surface area contributed by atoms with Crippen LogP contribution >= 0.6 is 11.3 Å². The van der Waals surface area contributed by atoms with Gasteiger partial charge >= 0.3 is 6.18 Å². The van der Waals surface area contributed by atoms with Crippen LogP contribution in [-0.4, -0.2) is 15.0 Å². The molecule has 0 aliphatic carbocycles. The SMILES string of the molecule is CCOc1cc(CC)cc(S(=O)(=O)c2cc(-c3ccc(C(F)(F)F)cc3)c(C)s2)c1. The number of halogens is 3. The third kappa shape index (κ3) is 4.54. The summed E-state index contributed by atoms with van der Waals surface area (Å²) >= 11 is 1.10. The lowest BCUT2D eigenvalue weighted by Gasteiger charge is -2.09. The number of rotatable bonds is 6. The van der Waals surface area contributed by atoms with Crippen molar-refractivity contribution in [1.82, 2.24) is 0 Å². The maximum Gasteiger partial charge on any atom is 0.416 e. The van der Waals surface area contributed by atoms with Gasteiger partial charge in [-0.2, -0.15) is 13.2 Å². The molecule has 0 unspecified atom stereocenters. The van der Waals surface area contributed by atoms with E-state index in [-0.39, 0.29) is 9.10 Å². The van der Waals surface area contributed by atoms with E-state index in [4.69, 9.17) is 4.74 Å². The molecule has 0 radical (unpaired) electrons. The summed E-state index contributed by atoms with van der Waals surface area (Å²) in [6.07, 6.45) is -3.76. The highest BCUT2D eigenvalue weighted by Crippen LogP contribution is 2.38. The lowest BCUT2D eigenvalue weighted by molar-refractivity contribution is -0.137. The van der Waals surface area contributed by atoms with Crippen LogP contribution in [0.2, 0.25) is 0 Å². The Morgan fingerprint density at radius 3 is 2.23 bits per heavy atom. The number of hydrogen-bond acceptors (Lipinski definition) is 4. The number of ether oxygens (including phenoxy) is 1. The van der Waals surface area contributed by atoms with Gasteiger partial charge in [0.2, 0.25) is 9.84 Å². The third-order valence-corrected chi connectivity index (χ3v) is 7.91. The molecule has 0 spiro atoms. The van der Waals surface area contributed by atoms with Crippen LogP contribution in [0.5, 0.6) is 5.75 Å². The first-order chi connectivity index (χ1) is 14.1. The lowest BCUT2D eigenvalue weighted by atomic mass is 10.0. The Morgan fingerprint density at radius 1 is 1.00 bits per heavy atom. The molecule has 0 amide bonds. The van der Waals surface area contributed by atoms with Gasteiger partial charge in [0.25, 0.3) is 0 Å². The molecule has 0 aliphatic heterocycles. The zero-order valence-corrected chi connectivity index (χ0v) is 18.3. The van der Waals surface area contributed by atoms with Crippen molar-refractivity contribution in [2.75, 3.05) is 6.61 Å². The molecule has 0 saturated carbocycles. The van der Waals surface area contributed by atoms with E-state index >= 15 is 0 Å². The van der Waals surface area contributed by atoms with Crippen molar-refractivity contribution in [1.29, 1.82) is 0 Å². The van der Waals surface area contributed by atoms with E-state index in [1.807, 2.05) is 19.9 Å². The second kappa shape index (κ2) is 8.43. The summed E-state index contributed by atoms with van der Waals surface area (Å²) in [5.74, 6) is 0.492. The van der Waals surface area contributed by atoms with Gasteiger partial charge in [-0.3, -0.25) is 0 Å². The van der Waals surface area contributed by atoms with Crippen LogP contribution in [0.15, 0.2) is 57.6 Å². The topological polar surface area (TPSA) is 43.4 Å². The average molecular weight is 455 g/mol.